The summed E-state index contributed by atoms with van der Waals surface area (Å²) >= 11 is 8.02. The number of nitrogens with one attached hydrogen (secondary N) is 2. The molecule has 4 rings (SSSR count). The third kappa shape index (κ3) is 3.14. The number of hydrogen-bond donors (Lipinski definition) is 2. The predicted molar refractivity (Wildman–Crippen MR) is 98.7 cm³/mol. The number of hydrogen-bond acceptors (Lipinski definition) is 2. The molecule has 0 spiro atoms. The standard InChI is InChI=1S/C19H19ClN2S/c20-14-5-6-17-16(11-14)19(12-22-17)23-18-4-2-1-3-15(18)13-7-9-21-10-8-13/h1-6,11-13,21-22H,7-10H2. The SMILES string of the molecule is Clc1ccc2[nH]cc(Sc3ccccc3C3CCNCC3)c2c1. The van der Waals surface area contributed by atoms with Crippen LogP contribution in [0.4, 0.5) is 0 Å². The second-order valence-corrected chi connectivity index (χ2v) is 7.53. The predicted octanol–water partition coefficient (Wildman–Crippen LogP) is 5.44. The first-order valence-corrected chi connectivity index (χ1v) is 9.25. The molecule has 2 N–H and O–H groups in total. The number of fused-ring (bicyclic) bond motifs is 1. The Kier molecular flexibility index (Phi) is 4.34. The van der Waals surface area contributed by atoms with Crippen LogP contribution in [0, 0.1) is 0 Å². The molecule has 0 amide bonds. The third-order valence-electron chi connectivity index (χ3n) is 4.52. The monoisotopic (exact) mass is 342 g/mol. The minimum Gasteiger partial charge on any atom is -0.360 e. The fraction of sp³-hybridized carbons (Fsp3) is 0.263. The molecule has 0 bridgehead atoms. The van der Waals surface area contributed by atoms with Gasteiger partial charge in [-0.1, -0.05) is 41.6 Å². The first-order valence-electron chi connectivity index (χ1n) is 8.05. The Morgan fingerprint density at radius 1 is 1.00 bits per heavy atom. The number of aromatic nitrogens is 1. The molecule has 1 saturated heterocycles. The Balaban J connectivity index is 1.69. The van der Waals surface area contributed by atoms with Gasteiger partial charge in [0.1, 0.15) is 0 Å². The van der Waals surface area contributed by atoms with Gasteiger partial charge >= 0.3 is 0 Å². The Bertz CT molecular complexity index is 821. The van der Waals surface area contributed by atoms with E-state index >= 15 is 0 Å². The lowest BCUT2D eigenvalue weighted by Gasteiger charge is -2.24. The van der Waals surface area contributed by atoms with Crippen molar-refractivity contribution in [3.63, 3.8) is 0 Å². The van der Waals surface area contributed by atoms with Crippen LogP contribution in [-0.4, -0.2) is 18.1 Å². The number of piperidine rings is 1. The molecule has 118 valence electrons. The van der Waals surface area contributed by atoms with Crippen LogP contribution in [0.1, 0.15) is 24.3 Å². The van der Waals surface area contributed by atoms with Crippen molar-refractivity contribution in [2.24, 2.45) is 0 Å². The number of H-pyrrole nitrogens is 1. The Morgan fingerprint density at radius 2 is 1.83 bits per heavy atom. The van der Waals surface area contributed by atoms with E-state index in [2.05, 4.69) is 40.8 Å². The van der Waals surface area contributed by atoms with E-state index in [-0.39, 0.29) is 0 Å². The second-order valence-electron chi connectivity index (χ2n) is 6.01. The average molecular weight is 343 g/mol. The van der Waals surface area contributed by atoms with Crippen LogP contribution in [-0.2, 0) is 0 Å². The zero-order valence-electron chi connectivity index (χ0n) is 12.8. The van der Waals surface area contributed by atoms with E-state index in [1.54, 1.807) is 0 Å². The Labute approximate surface area is 145 Å². The van der Waals surface area contributed by atoms with E-state index in [1.165, 1.54) is 33.6 Å². The van der Waals surface area contributed by atoms with E-state index < -0.39 is 0 Å². The molecule has 1 aromatic heterocycles. The molecule has 0 atom stereocenters. The maximum atomic E-state index is 6.17. The van der Waals surface area contributed by atoms with Crippen molar-refractivity contribution >= 4 is 34.3 Å². The van der Waals surface area contributed by atoms with Gasteiger partial charge in [0.05, 0.1) is 0 Å². The zero-order chi connectivity index (χ0) is 15.6. The fourth-order valence-corrected chi connectivity index (χ4v) is 4.62. The molecule has 23 heavy (non-hydrogen) atoms. The minimum atomic E-state index is 0.661. The number of halogens is 1. The summed E-state index contributed by atoms with van der Waals surface area (Å²) in [6.07, 6.45) is 4.53. The topological polar surface area (TPSA) is 27.8 Å². The van der Waals surface area contributed by atoms with E-state index in [1.807, 2.05) is 30.0 Å². The van der Waals surface area contributed by atoms with Gasteiger partial charge in [0.15, 0.2) is 0 Å². The van der Waals surface area contributed by atoms with Gasteiger partial charge in [-0.15, -0.1) is 0 Å². The zero-order valence-corrected chi connectivity index (χ0v) is 14.4. The highest BCUT2D eigenvalue weighted by molar-refractivity contribution is 7.99. The van der Waals surface area contributed by atoms with Crippen molar-refractivity contribution < 1.29 is 0 Å². The number of benzene rings is 2. The lowest BCUT2D eigenvalue weighted by atomic mass is 9.90. The van der Waals surface area contributed by atoms with Crippen molar-refractivity contribution in [1.29, 1.82) is 0 Å². The summed E-state index contributed by atoms with van der Waals surface area (Å²) in [5, 5.41) is 5.43. The summed E-state index contributed by atoms with van der Waals surface area (Å²) in [5.74, 6) is 0.661. The van der Waals surface area contributed by atoms with Crippen LogP contribution in [0.2, 0.25) is 5.02 Å². The summed E-state index contributed by atoms with van der Waals surface area (Å²) in [6.45, 7) is 2.23. The number of aromatic amines is 1. The van der Waals surface area contributed by atoms with Crippen LogP contribution >= 0.6 is 23.4 Å². The molecule has 0 unspecified atom stereocenters. The molecule has 0 aliphatic carbocycles. The van der Waals surface area contributed by atoms with Gasteiger partial charge in [0.25, 0.3) is 0 Å². The molecule has 1 fully saturated rings. The van der Waals surface area contributed by atoms with Crippen LogP contribution in [0.5, 0.6) is 0 Å². The molecular formula is C19H19ClN2S. The van der Waals surface area contributed by atoms with Crippen LogP contribution < -0.4 is 5.32 Å². The lowest BCUT2D eigenvalue weighted by Crippen LogP contribution is -2.26. The van der Waals surface area contributed by atoms with Crippen molar-refractivity contribution in [2.75, 3.05) is 13.1 Å². The van der Waals surface area contributed by atoms with E-state index in [0.29, 0.717) is 5.92 Å². The van der Waals surface area contributed by atoms with Gasteiger partial charge in [-0.25, -0.2) is 0 Å². The highest BCUT2D eigenvalue weighted by atomic mass is 35.5. The lowest BCUT2D eigenvalue weighted by molar-refractivity contribution is 0.456. The van der Waals surface area contributed by atoms with Crippen molar-refractivity contribution in [3.8, 4) is 0 Å². The first kappa shape index (κ1) is 15.1. The van der Waals surface area contributed by atoms with Gasteiger partial charge in [-0.2, -0.15) is 0 Å². The molecule has 0 radical (unpaired) electrons. The minimum absolute atomic E-state index is 0.661. The molecule has 4 heteroatoms. The maximum absolute atomic E-state index is 6.17. The maximum Gasteiger partial charge on any atom is 0.0466 e. The number of rotatable bonds is 3. The van der Waals surface area contributed by atoms with Crippen molar-refractivity contribution in [2.45, 2.75) is 28.6 Å². The Hall–Kier alpha value is -1.42. The summed E-state index contributed by atoms with van der Waals surface area (Å²) in [6, 6.07) is 14.8. The fourth-order valence-electron chi connectivity index (χ4n) is 3.31. The summed E-state index contributed by atoms with van der Waals surface area (Å²) in [5.41, 5.74) is 2.62. The summed E-state index contributed by atoms with van der Waals surface area (Å²) < 4.78 is 0. The molecular weight excluding hydrogens is 324 g/mol. The van der Waals surface area contributed by atoms with Crippen LogP contribution in [0.3, 0.4) is 0 Å². The molecule has 2 aromatic carbocycles. The van der Waals surface area contributed by atoms with Crippen LogP contribution in [0.15, 0.2) is 58.5 Å². The normalized spacial score (nSPS) is 16.0. The average Bonchev–Trinajstić information content (AvgIpc) is 2.98. The van der Waals surface area contributed by atoms with Gasteiger partial charge < -0.3 is 10.3 Å². The van der Waals surface area contributed by atoms with Gasteiger partial charge in [-0.05, 0) is 61.7 Å². The van der Waals surface area contributed by atoms with Crippen molar-refractivity contribution in [3.05, 3.63) is 59.2 Å². The van der Waals surface area contributed by atoms with Gasteiger partial charge in [-0.3, -0.25) is 0 Å². The highest BCUT2D eigenvalue weighted by Gasteiger charge is 2.19. The Morgan fingerprint density at radius 3 is 2.70 bits per heavy atom. The highest BCUT2D eigenvalue weighted by Crippen LogP contribution is 2.40. The third-order valence-corrected chi connectivity index (χ3v) is 5.91. The van der Waals surface area contributed by atoms with E-state index in [4.69, 9.17) is 11.6 Å². The van der Waals surface area contributed by atoms with E-state index in [0.717, 1.165) is 23.6 Å². The molecule has 0 saturated carbocycles. The van der Waals surface area contributed by atoms with Gasteiger partial charge in [0.2, 0.25) is 0 Å². The molecule has 2 nitrogen and oxygen atoms in total. The van der Waals surface area contributed by atoms with Crippen molar-refractivity contribution in [1.82, 2.24) is 10.3 Å². The molecule has 1 aliphatic heterocycles. The summed E-state index contributed by atoms with van der Waals surface area (Å²) in [4.78, 5) is 5.95. The smallest absolute Gasteiger partial charge is 0.0466 e. The van der Waals surface area contributed by atoms with Crippen LogP contribution in [0.25, 0.3) is 10.9 Å². The quantitative estimate of drug-likeness (QED) is 0.663. The molecule has 1 aliphatic rings. The van der Waals surface area contributed by atoms with E-state index in [9.17, 15) is 0 Å². The van der Waals surface area contributed by atoms with Gasteiger partial charge in [0, 0.05) is 31.9 Å². The largest absolute Gasteiger partial charge is 0.360 e. The molecule has 3 aromatic rings. The first-order chi connectivity index (χ1) is 11.3. The summed E-state index contributed by atoms with van der Waals surface area (Å²) in [7, 11) is 0. The molecule has 2 heterocycles. The second kappa shape index (κ2) is 6.60.